The number of hydrogen-bond acceptors (Lipinski definition) is 3. The molecule has 2 aliphatic heterocycles. The molecule has 0 bridgehead atoms. The van der Waals surface area contributed by atoms with Crippen LogP contribution in [-0.2, 0) is 9.47 Å². The Bertz CT molecular complexity index is 263. The van der Waals surface area contributed by atoms with Gasteiger partial charge < -0.3 is 14.8 Å². The van der Waals surface area contributed by atoms with Crippen LogP contribution in [0.1, 0.15) is 32.1 Å². The molecular formula is C14H25NO2. The minimum atomic E-state index is 0.0999. The molecule has 3 aliphatic rings. The van der Waals surface area contributed by atoms with Crippen LogP contribution in [0.4, 0.5) is 0 Å². The molecule has 3 fully saturated rings. The van der Waals surface area contributed by atoms with Crippen LogP contribution in [0.25, 0.3) is 0 Å². The Kier molecular flexibility index (Phi) is 3.42. The van der Waals surface area contributed by atoms with Crippen molar-refractivity contribution in [3.05, 3.63) is 0 Å². The van der Waals surface area contributed by atoms with Crippen molar-refractivity contribution >= 4 is 0 Å². The number of rotatable bonds is 3. The highest BCUT2D eigenvalue weighted by Gasteiger charge is 2.46. The Hall–Kier alpha value is -0.120. The summed E-state index contributed by atoms with van der Waals surface area (Å²) in [7, 11) is 2.08. The van der Waals surface area contributed by atoms with E-state index in [0.717, 1.165) is 44.0 Å². The first-order chi connectivity index (χ1) is 8.33. The molecule has 0 radical (unpaired) electrons. The van der Waals surface area contributed by atoms with Gasteiger partial charge in [0.25, 0.3) is 0 Å². The van der Waals surface area contributed by atoms with E-state index in [-0.39, 0.29) is 5.60 Å². The average Bonchev–Trinajstić information content (AvgIpc) is 2.73. The van der Waals surface area contributed by atoms with E-state index in [1.165, 1.54) is 32.2 Å². The lowest BCUT2D eigenvalue weighted by Crippen LogP contribution is -2.47. The Morgan fingerprint density at radius 1 is 1.24 bits per heavy atom. The third kappa shape index (κ3) is 2.25. The molecule has 3 nitrogen and oxygen atoms in total. The molecule has 4 atom stereocenters. The smallest absolute Gasteiger partial charge is 0.0939 e. The predicted molar refractivity (Wildman–Crippen MR) is 67.0 cm³/mol. The van der Waals surface area contributed by atoms with Gasteiger partial charge in [-0.05, 0) is 57.0 Å². The SMILES string of the molecule is CNCC1CCC1C1CCOC2(CCOC2)C1. The van der Waals surface area contributed by atoms with Gasteiger partial charge in [-0.1, -0.05) is 0 Å². The normalized spacial score (nSPS) is 46.1. The number of nitrogens with one attached hydrogen (secondary N) is 1. The summed E-state index contributed by atoms with van der Waals surface area (Å²) >= 11 is 0. The topological polar surface area (TPSA) is 30.5 Å². The van der Waals surface area contributed by atoms with Crippen molar-refractivity contribution in [1.29, 1.82) is 0 Å². The van der Waals surface area contributed by atoms with E-state index in [0.29, 0.717) is 0 Å². The molecule has 0 amide bonds. The highest BCUT2D eigenvalue weighted by atomic mass is 16.6. The quantitative estimate of drug-likeness (QED) is 0.815. The number of hydrogen-bond donors (Lipinski definition) is 1. The second kappa shape index (κ2) is 4.87. The maximum Gasteiger partial charge on any atom is 0.0939 e. The highest BCUT2D eigenvalue weighted by Crippen LogP contribution is 2.47. The van der Waals surface area contributed by atoms with E-state index >= 15 is 0 Å². The van der Waals surface area contributed by atoms with Crippen molar-refractivity contribution in [2.75, 3.05) is 33.4 Å². The molecule has 4 unspecified atom stereocenters. The Labute approximate surface area is 104 Å². The summed E-state index contributed by atoms with van der Waals surface area (Å²) in [4.78, 5) is 0. The van der Waals surface area contributed by atoms with Crippen LogP contribution in [0.3, 0.4) is 0 Å². The van der Waals surface area contributed by atoms with Crippen molar-refractivity contribution in [3.63, 3.8) is 0 Å². The zero-order valence-electron chi connectivity index (χ0n) is 10.9. The van der Waals surface area contributed by atoms with Gasteiger partial charge in [0.05, 0.1) is 12.2 Å². The maximum absolute atomic E-state index is 6.03. The molecular weight excluding hydrogens is 214 g/mol. The van der Waals surface area contributed by atoms with Crippen LogP contribution in [0.15, 0.2) is 0 Å². The lowest BCUT2D eigenvalue weighted by molar-refractivity contribution is -0.118. The van der Waals surface area contributed by atoms with Crippen molar-refractivity contribution in [1.82, 2.24) is 5.32 Å². The van der Waals surface area contributed by atoms with E-state index in [9.17, 15) is 0 Å². The first-order valence-corrected chi connectivity index (χ1v) is 7.19. The monoisotopic (exact) mass is 239 g/mol. The Morgan fingerprint density at radius 2 is 2.18 bits per heavy atom. The van der Waals surface area contributed by atoms with Gasteiger partial charge in [0.15, 0.2) is 0 Å². The molecule has 3 rings (SSSR count). The first-order valence-electron chi connectivity index (χ1n) is 7.19. The summed E-state index contributed by atoms with van der Waals surface area (Å²) in [5.41, 5.74) is 0.0999. The van der Waals surface area contributed by atoms with Crippen molar-refractivity contribution in [2.24, 2.45) is 17.8 Å². The van der Waals surface area contributed by atoms with Crippen LogP contribution in [0.5, 0.6) is 0 Å². The third-order valence-corrected chi connectivity index (χ3v) is 5.15. The van der Waals surface area contributed by atoms with Gasteiger partial charge in [-0.25, -0.2) is 0 Å². The molecule has 2 saturated heterocycles. The fourth-order valence-electron chi connectivity index (χ4n) is 4.03. The van der Waals surface area contributed by atoms with Crippen molar-refractivity contribution < 1.29 is 9.47 Å². The van der Waals surface area contributed by atoms with E-state index in [4.69, 9.17) is 9.47 Å². The molecule has 3 heteroatoms. The van der Waals surface area contributed by atoms with Crippen LogP contribution >= 0.6 is 0 Å². The fraction of sp³-hybridized carbons (Fsp3) is 1.00. The summed E-state index contributed by atoms with van der Waals surface area (Å²) in [6, 6.07) is 0. The molecule has 17 heavy (non-hydrogen) atoms. The van der Waals surface area contributed by atoms with E-state index in [1.807, 2.05) is 0 Å². The van der Waals surface area contributed by atoms with Crippen LogP contribution in [-0.4, -0.2) is 39.0 Å². The molecule has 1 aliphatic carbocycles. The second-order valence-corrected chi connectivity index (χ2v) is 6.15. The summed E-state index contributed by atoms with van der Waals surface area (Å²) < 4.78 is 11.6. The molecule has 1 N–H and O–H groups in total. The zero-order valence-corrected chi connectivity index (χ0v) is 10.9. The van der Waals surface area contributed by atoms with Crippen molar-refractivity contribution in [2.45, 2.75) is 37.7 Å². The fourth-order valence-corrected chi connectivity index (χ4v) is 4.03. The molecule has 0 aromatic carbocycles. The summed E-state index contributed by atoms with van der Waals surface area (Å²) in [5, 5.41) is 3.34. The van der Waals surface area contributed by atoms with E-state index in [1.54, 1.807) is 0 Å². The van der Waals surface area contributed by atoms with Gasteiger partial charge >= 0.3 is 0 Å². The average molecular weight is 239 g/mol. The maximum atomic E-state index is 6.03. The van der Waals surface area contributed by atoms with Gasteiger partial charge in [0.2, 0.25) is 0 Å². The van der Waals surface area contributed by atoms with E-state index < -0.39 is 0 Å². The Morgan fingerprint density at radius 3 is 2.82 bits per heavy atom. The van der Waals surface area contributed by atoms with E-state index in [2.05, 4.69) is 12.4 Å². The molecule has 2 heterocycles. The summed E-state index contributed by atoms with van der Waals surface area (Å²) in [6.07, 6.45) is 6.50. The summed E-state index contributed by atoms with van der Waals surface area (Å²) in [6.45, 7) is 3.90. The lowest BCUT2D eigenvalue weighted by atomic mass is 9.63. The van der Waals surface area contributed by atoms with Crippen LogP contribution in [0, 0.1) is 17.8 Å². The standard InChI is InChI=1S/C14H25NO2/c1-15-9-12-2-3-13(12)11-4-6-17-14(8-11)5-7-16-10-14/h11-13,15H,2-10H2,1H3. The van der Waals surface area contributed by atoms with Gasteiger partial charge in [-0.3, -0.25) is 0 Å². The minimum absolute atomic E-state index is 0.0999. The van der Waals surface area contributed by atoms with Crippen LogP contribution < -0.4 is 5.32 Å². The predicted octanol–water partition coefficient (Wildman–Crippen LogP) is 1.82. The van der Waals surface area contributed by atoms with Crippen LogP contribution in [0.2, 0.25) is 0 Å². The van der Waals surface area contributed by atoms with Crippen molar-refractivity contribution in [3.8, 4) is 0 Å². The molecule has 98 valence electrons. The molecule has 0 aromatic rings. The van der Waals surface area contributed by atoms with Gasteiger partial charge in [0.1, 0.15) is 0 Å². The third-order valence-electron chi connectivity index (χ3n) is 5.15. The molecule has 1 spiro atoms. The highest BCUT2D eigenvalue weighted by molar-refractivity contribution is 4.96. The molecule has 0 aromatic heterocycles. The summed E-state index contributed by atoms with van der Waals surface area (Å²) in [5.74, 6) is 2.75. The zero-order chi connectivity index (χ0) is 11.7. The minimum Gasteiger partial charge on any atom is -0.378 e. The van der Waals surface area contributed by atoms with Gasteiger partial charge in [-0.15, -0.1) is 0 Å². The van der Waals surface area contributed by atoms with Gasteiger partial charge in [0, 0.05) is 19.6 Å². The first kappa shape index (κ1) is 11.9. The number of ether oxygens (including phenoxy) is 2. The van der Waals surface area contributed by atoms with Gasteiger partial charge in [-0.2, -0.15) is 0 Å². The largest absolute Gasteiger partial charge is 0.378 e. The molecule has 1 saturated carbocycles. The lowest BCUT2D eigenvalue weighted by Gasteiger charge is -2.47. The Balaban J connectivity index is 1.60. The second-order valence-electron chi connectivity index (χ2n) is 6.15.